The highest BCUT2D eigenvalue weighted by Gasteiger charge is 2.29. The number of carbonyl (C=O) groups excluding carboxylic acids is 2. The molecule has 1 aromatic carbocycles. The van der Waals surface area contributed by atoms with Gasteiger partial charge in [-0.25, -0.2) is 0 Å². The molecule has 6 heteroatoms. The molecular formula is C19H21N3O2S. The summed E-state index contributed by atoms with van der Waals surface area (Å²) in [6.45, 7) is 2.40. The van der Waals surface area contributed by atoms with Crippen LogP contribution < -0.4 is 16.0 Å². The van der Waals surface area contributed by atoms with E-state index in [0.29, 0.717) is 10.6 Å². The monoisotopic (exact) mass is 355 g/mol. The van der Waals surface area contributed by atoms with E-state index in [2.05, 4.69) is 29.3 Å². The van der Waals surface area contributed by atoms with Crippen LogP contribution >= 0.6 is 11.3 Å². The number of benzene rings is 1. The lowest BCUT2D eigenvalue weighted by molar-refractivity contribution is -0.115. The fourth-order valence-corrected chi connectivity index (χ4v) is 5.26. The molecule has 2 heterocycles. The van der Waals surface area contributed by atoms with Crippen molar-refractivity contribution in [2.24, 2.45) is 5.73 Å². The van der Waals surface area contributed by atoms with Crippen molar-refractivity contribution in [2.45, 2.75) is 38.6 Å². The molecule has 4 rings (SSSR count). The van der Waals surface area contributed by atoms with Gasteiger partial charge in [-0.1, -0.05) is 18.2 Å². The number of rotatable bonds is 4. The summed E-state index contributed by atoms with van der Waals surface area (Å²) in [5.74, 6) is -0.555. The van der Waals surface area contributed by atoms with Crippen LogP contribution in [0.4, 0.5) is 10.7 Å². The van der Waals surface area contributed by atoms with Gasteiger partial charge in [-0.05, 0) is 49.8 Å². The van der Waals surface area contributed by atoms with Gasteiger partial charge in [0.25, 0.3) is 5.91 Å². The van der Waals surface area contributed by atoms with Gasteiger partial charge in [0, 0.05) is 16.6 Å². The Morgan fingerprint density at radius 1 is 1.32 bits per heavy atom. The zero-order chi connectivity index (χ0) is 17.6. The number of nitrogens with two attached hydrogens (primary N) is 1. The maximum atomic E-state index is 12.6. The van der Waals surface area contributed by atoms with Gasteiger partial charge in [0.05, 0.1) is 12.1 Å². The predicted octanol–water partition coefficient (Wildman–Crippen LogP) is 2.73. The van der Waals surface area contributed by atoms with E-state index in [1.54, 1.807) is 0 Å². The largest absolute Gasteiger partial charge is 0.365 e. The minimum atomic E-state index is -0.449. The van der Waals surface area contributed by atoms with Gasteiger partial charge in [0.15, 0.2) is 0 Å². The van der Waals surface area contributed by atoms with E-state index >= 15 is 0 Å². The highest BCUT2D eigenvalue weighted by molar-refractivity contribution is 7.17. The highest BCUT2D eigenvalue weighted by Crippen LogP contribution is 2.39. The Morgan fingerprint density at radius 2 is 2.12 bits per heavy atom. The van der Waals surface area contributed by atoms with Crippen molar-refractivity contribution in [3.8, 4) is 0 Å². The minimum absolute atomic E-state index is 0.106. The number of thiophene rings is 1. The summed E-state index contributed by atoms with van der Waals surface area (Å²) in [5, 5.41) is 3.55. The average Bonchev–Trinajstić information content (AvgIpc) is 3.21. The van der Waals surface area contributed by atoms with Crippen molar-refractivity contribution in [1.29, 1.82) is 0 Å². The number of primary amides is 1. The van der Waals surface area contributed by atoms with Crippen molar-refractivity contribution in [2.75, 3.05) is 16.8 Å². The number of aryl methyl sites for hydroxylation is 1. The predicted molar refractivity (Wildman–Crippen MR) is 100 cm³/mol. The quantitative estimate of drug-likeness (QED) is 0.885. The van der Waals surface area contributed by atoms with Crippen LogP contribution in [0.2, 0.25) is 0 Å². The first-order chi connectivity index (χ1) is 12.0. The minimum Gasteiger partial charge on any atom is -0.365 e. The number of amides is 2. The summed E-state index contributed by atoms with van der Waals surface area (Å²) in [4.78, 5) is 27.8. The normalized spacial score (nSPS) is 18.1. The Labute approximate surface area is 150 Å². The molecule has 2 amide bonds. The first-order valence-corrected chi connectivity index (χ1v) is 9.45. The van der Waals surface area contributed by atoms with Crippen molar-refractivity contribution in [3.05, 3.63) is 45.8 Å². The van der Waals surface area contributed by atoms with E-state index in [1.807, 2.05) is 12.1 Å². The molecule has 0 spiro atoms. The van der Waals surface area contributed by atoms with E-state index in [4.69, 9.17) is 5.73 Å². The van der Waals surface area contributed by atoms with Gasteiger partial charge in [-0.15, -0.1) is 11.3 Å². The van der Waals surface area contributed by atoms with E-state index < -0.39 is 5.91 Å². The summed E-state index contributed by atoms with van der Waals surface area (Å²) < 4.78 is 0. The lowest BCUT2D eigenvalue weighted by atomic mass is 10.1. The Hall–Kier alpha value is -2.34. The molecule has 130 valence electrons. The zero-order valence-electron chi connectivity index (χ0n) is 14.2. The molecule has 0 bridgehead atoms. The molecule has 5 nitrogen and oxygen atoms in total. The topological polar surface area (TPSA) is 75.4 Å². The van der Waals surface area contributed by atoms with Crippen LogP contribution in [0.1, 0.15) is 39.7 Å². The van der Waals surface area contributed by atoms with E-state index in [0.717, 1.165) is 36.9 Å². The molecule has 0 saturated heterocycles. The number of nitrogens with one attached hydrogen (secondary N) is 1. The third-order valence-corrected chi connectivity index (χ3v) is 6.29. The molecule has 1 aliphatic heterocycles. The SMILES string of the molecule is CC1Cc2ccccc2N1CC(=O)Nc1sc2c(c1C(N)=O)CCC2. The highest BCUT2D eigenvalue weighted by atomic mass is 32.1. The van der Waals surface area contributed by atoms with E-state index in [1.165, 1.54) is 21.8 Å². The Kier molecular flexibility index (Phi) is 4.00. The number of hydrogen-bond acceptors (Lipinski definition) is 4. The van der Waals surface area contributed by atoms with Gasteiger partial charge in [0.1, 0.15) is 5.00 Å². The molecule has 2 aromatic rings. The Bertz CT molecular complexity index is 858. The number of anilines is 2. The number of para-hydroxylation sites is 1. The van der Waals surface area contributed by atoms with Crippen LogP contribution in [-0.2, 0) is 24.1 Å². The molecular weight excluding hydrogens is 334 g/mol. The van der Waals surface area contributed by atoms with Gasteiger partial charge in [-0.2, -0.15) is 0 Å². The summed E-state index contributed by atoms with van der Waals surface area (Å²) in [6.07, 6.45) is 3.84. The van der Waals surface area contributed by atoms with Gasteiger partial charge < -0.3 is 16.0 Å². The van der Waals surface area contributed by atoms with Crippen molar-refractivity contribution in [3.63, 3.8) is 0 Å². The van der Waals surface area contributed by atoms with E-state index in [9.17, 15) is 9.59 Å². The van der Waals surface area contributed by atoms with Crippen LogP contribution in [0.25, 0.3) is 0 Å². The molecule has 1 aromatic heterocycles. The van der Waals surface area contributed by atoms with Crippen molar-refractivity contribution < 1.29 is 9.59 Å². The van der Waals surface area contributed by atoms with Crippen LogP contribution in [0, 0.1) is 0 Å². The number of hydrogen-bond donors (Lipinski definition) is 2. The molecule has 2 aliphatic rings. The van der Waals surface area contributed by atoms with Crippen LogP contribution in [0.3, 0.4) is 0 Å². The molecule has 1 atom stereocenters. The molecule has 3 N–H and O–H groups in total. The number of nitrogens with zero attached hydrogens (tertiary/aromatic N) is 1. The smallest absolute Gasteiger partial charge is 0.251 e. The third kappa shape index (κ3) is 2.80. The summed E-state index contributed by atoms with van der Waals surface area (Å²) in [6, 6.07) is 8.48. The lowest BCUT2D eigenvalue weighted by Crippen LogP contribution is -2.37. The van der Waals surface area contributed by atoms with Crippen LogP contribution in [-0.4, -0.2) is 24.4 Å². The van der Waals surface area contributed by atoms with Crippen molar-refractivity contribution >= 4 is 33.8 Å². The molecule has 1 unspecified atom stereocenters. The summed E-state index contributed by atoms with van der Waals surface area (Å²) in [7, 11) is 0. The molecule has 1 aliphatic carbocycles. The summed E-state index contributed by atoms with van der Waals surface area (Å²) >= 11 is 1.50. The fourth-order valence-electron chi connectivity index (χ4n) is 3.94. The molecule has 0 fully saturated rings. The second-order valence-corrected chi connectivity index (χ2v) is 7.89. The van der Waals surface area contributed by atoms with Gasteiger partial charge >= 0.3 is 0 Å². The van der Waals surface area contributed by atoms with Crippen LogP contribution in [0.15, 0.2) is 24.3 Å². The zero-order valence-corrected chi connectivity index (χ0v) is 15.0. The van der Waals surface area contributed by atoms with Gasteiger partial charge in [0.2, 0.25) is 5.91 Å². The second-order valence-electron chi connectivity index (χ2n) is 6.78. The average molecular weight is 355 g/mol. The first kappa shape index (κ1) is 16.1. The van der Waals surface area contributed by atoms with E-state index in [-0.39, 0.29) is 18.5 Å². The molecule has 0 radical (unpaired) electrons. The maximum absolute atomic E-state index is 12.6. The third-order valence-electron chi connectivity index (χ3n) is 5.08. The van der Waals surface area contributed by atoms with Crippen molar-refractivity contribution in [1.82, 2.24) is 0 Å². The first-order valence-electron chi connectivity index (χ1n) is 8.63. The standard InChI is InChI=1S/C19H21N3O2S/c1-11-9-12-5-2-3-7-14(12)22(11)10-16(23)21-19-17(18(20)24)13-6-4-8-15(13)25-19/h2-3,5,7,11H,4,6,8-10H2,1H3,(H2,20,24)(H,21,23). The fraction of sp³-hybridized carbons (Fsp3) is 0.368. The molecule has 25 heavy (non-hydrogen) atoms. The van der Waals surface area contributed by atoms with Crippen LogP contribution in [0.5, 0.6) is 0 Å². The second kappa shape index (κ2) is 6.19. The number of fused-ring (bicyclic) bond motifs is 2. The molecule has 0 saturated carbocycles. The Balaban J connectivity index is 1.53. The lowest BCUT2D eigenvalue weighted by Gasteiger charge is -2.24. The maximum Gasteiger partial charge on any atom is 0.251 e. The summed E-state index contributed by atoms with van der Waals surface area (Å²) in [5.41, 5.74) is 9.51. The number of carbonyl (C=O) groups is 2. The van der Waals surface area contributed by atoms with Gasteiger partial charge in [-0.3, -0.25) is 9.59 Å². The Morgan fingerprint density at radius 3 is 2.92 bits per heavy atom.